The molecule has 1 unspecified atom stereocenters. The highest BCUT2D eigenvalue weighted by Crippen LogP contribution is 2.15. The summed E-state index contributed by atoms with van der Waals surface area (Å²) in [4.78, 5) is 12.0. The van der Waals surface area contributed by atoms with Crippen LogP contribution in [0.15, 0.2) is 18.2 Å². The summed E-state index contributed by atoms with van der Waals surface area (Å²) in [5.41, 5.74) is 7.96. The van der Waals surface area contributed by atoms with Gasteiger partial charge in [-0.2, -0.15) is 11.8 Å². The Morgan fingerprint density at radius 1 is 1.53 bits per heavy atom. The van der Waals surface area contributed by atoms with Gasteiger partial charge in [-0.25, -0.2) is 0 Å². The quantitative estimate of drug-likeness (QED) is 0.791. The van der Waals surface area contributed by atoms with Crippen molar-refractivity contribution < 1.29 is 4.79 Å². The first kappa shape index (κ1) is 13.9. The zero-order valence-electron chi connectivity index (χ0n) is 10.6. The Morgan fingerprint density at radius 2 is 2.24 bits per heavy atom. The van der Waals surface area contributed by atoms with Gasteiger partial charge in [-0.3, -0.25) is 4.79 Å². The molecule has 0 saturated carbocycles. The number of nitrogen functional groups attached to an aromatic ring is 1. The number of nitrogens with one attached hydrogen (secondary N) is 1. The summed E-state index contributed by atoms with van der Waals surface area (Å²) >= 11 is 1.79. The normalized spacial score (nSPS) is 12.2. The monoisotopic (exact) mass is 252 g/mol. The van der Waals surface area contributed by atoms with E-state index >= 15 is 0 Å². The van der Waals surface area contributed by atoms with Crippen LogP contribution in [0.4, 0.5) is 5.69 Å². The topological polar surface area (TPSA) is 55.1 Å². The maximum absolute atomic E-state index is 12.0. The van der Waals surface area contributed by atoms with Crippen molar-refractivity contribution in [2.75, 3.05) is 24.3 Å². The fourth-order valence-electron chi connectivity index (χ4n) is 1.61. The molecule has 1 aromatic carbocycles. The predicted molar refractivity (Wildman–Crippen MR) is 75.5 cm³/mol. The summed E-state index contributed by atoms with van der Waals surface area (Å²) in [7, 11) is 0. The lowest BCUT2D eigenvalue weighted by atomic mass is 10.1. The van der Waals surface area contributed by atoms with Crippen molar-refractivity contribution in [3.63, 3.8) is 0 Å². The fraction of sp³-hybridized carbons (Fsp3) is 0.462. The third kappa shape index (κ3) is 3.97. The molecular weight excluding hydrogens is 232 g/mol. The minimum atomic E-state index is -0.0391. The summed E-state index contributed by atoms with van der Waals surface area (Å²) in [6.07, 6.45) is 2.07. The van der Waals surface area contributed by atoms with Crippen LogP contribution in [0.1, 0.15) is 22.8 Å². The van der Waals surface area contributed by atoms with E-state index in [0.717, 1.165) is 11.3 Å². The molecule has 1 atom stereocenters. The van der Waals surface area contributed by atoms with E-state index in [9.17, 15) is 4.79 Å². The molecule has 17 heavy (non-hydrogen) atoms. The highest BCUT2D eigenvalue weighted by molar-refractivity contribution is 7.98. The Balaban J connectivity index is 2.61. The van der Waals surface area contributed by atoms with Gasteiger partial charge in [0, 0.05) is 17.8 Å². The van der Waals surface area contributed by atoms with Crippen LogP contribution in [0, 0.1) is 12.8 Å². The van der Waals surface area contributed by atoms with Gasteiger partial charge in [0.25, 0.3) is 5.91 Å². The van der Waals surface area contributed by atoms with E-state index in [0.29, 0.717) is 23.7 Å². The Morgan fingerprint density at radius 3 is 2.88 bits per heavy atom. The zero-order chi connectivity index (χ0) is 12.8. The van der Waals surface area contributed by atoms with E-state index in [1.807, 2.05) is 19.1 Å². The van der Waals surface area contributed by atoms with Gasteiger partial charge in [-0.1, -0.05) is 13.0 Å². The SMILES string of the molecule is CSCC(C)CNC(=O)c1cccc(N)c1C. The zero-order valence-corrected chi connectivity index (χ0v) is 11.4. The second-order valence-electron chi connectivity index (χ2n) is 4.29. The van der Waals surface area contributed by atoms with Crippen molar-refractivity contribution in [2.24, 2.45) is 5.92 Å². The molecule has 0 aliphatic heterocycles. The first-order chi connectivity index (χ1) is 8.06. The Labute approximate surface area is 107 Å². The summed E-state index contributed by atoms with van der Waals surface area (Å²) in [6, 6.07) is 5.42. The summed E-state index contributed by atoms with van der Waals surface area (Å²) in [5.74, 6) is 1.49. The van der Waals surface area contributed by atoms with Crippen LogP contribution >= 0.6 is 11.8 Å². The van der Waals surface area contributed by atoms with Crippen molar-refractivity contribution in [2.45, 2.75) is 13.8 Å². The van der Waals surface area contributed by atoms with Gasteiger partial charge in [0.15, 0.2) is 0 Å². The molecule has 0 spiro atoms. The molecule has 0 heterocycles. The molecule has 4 heteroatoms. The van der Waals surface area contributed by atoms with Gasteiger partial charge < -0.3 is 11.1 Å². The van der Waals surface area contributed by atoms with E-state index in [-0.39, 0.29) is 5.91 Å². The van der Waals surface area contributed by atoms with Crippen LogP contribution in [0.5, 0.6) is 0 Å². The molecule has 0 radical (unpaired) electrons. The molecule has 1 aromatic rings. The Kier molecular flexibility index (Phi) is 5.35. The van der Waals surface area contributed by atoms with E-state index in [1.165, 1.54) is 0 Å². The van der Waals surface area contributed by atoms with Gasteiger partial charge in [-0.05, 0) is 42.5 Å². The van der Waals surface area contributed by atoms with E-state index < -0.39 is 0 Å². The summed E-state index contributed by atoms with van der Waals surface area (Å²) in [6.45, 7) is 4.70. The molecule has 3 nitrogen and oxygen atoms in total. The molecule has 94 valence electrons. The molecule has 0 bridgehead atoms. The van der Waals surface area contributed by atoms with Crippen LogP contribution in [0.25, 0.3) is 0 Å². The number of benzene rings is 1. The van der Waals surface area contributed by atoms with Crippen LogP contribution < -0.4 is 11.1 Å². The summed E-state index contributed by atoms with van der Waals surface area (Å²) < 4.78 is 0. The van der Waals surface area contributed by atoms with Crippen LogP contribution in [0.2, 0.25) is 0 Å². The number of thioether (sulfide) groups is 1. The highest BCUT2D eigenvalue weighted by Gasteiger charge is 2.11. The molecule has 3 N–H and O–H groups in total. The van der Waals surface area contributed by atoms with Crippen molar-refractivity contribution >= 4 is 23.4 Å². The third-order valence-electron chi connectivity index (χ3n) is 2.68. The fourth-order valence-corrected chi connectivity index (χ4v) is 2.29. The second-order valence-corrected chi connectivity index (χ2v) is 5.20. The van der Waals surface area contributed by atoms with Crippen LogP contribution in [-0.2, 0) is 0 Å². The van der Waals surface area contributed by atoms with Crippen LogP contribution in [0.3, 0.4) is 0 Å². The van der Waals surface area contributed by atoms with E-state index in [4.69, 9.17) is 5.73 Å². The predicted octanol–water partition coefficient (Wildman–Crippen LogP) is 2.31. The minimum Gasteiger partial charge on any atom is -0.398 e. The highest BCUT2D eigenvalue weighted by atomic mass is 32.2. The molecule has 0 aliphatic carbocycles. The lowest BCUT2D eigenvalue weighted by Gasteiger charge is -2.13. The van der Waals surface area contributed by atoms with Gasteiger partial charge in [0.1, 0.15) is 0 Å². The first-order valence-electron chi connectivity index (χ1n) is 5.68. The molecule has 0 aromatic heterocycles. The maximum Gasteiger partial charge on any atom is 0.251 e. The number of carbonyl (C=O) groups is 1. The number of hydrogen-bond acceptors (Lipinski definition) is 3. The minimum absolute atomic E-state index is 0.0391. The Bertz CT molecular complexity index is 393. The molecule has 1 amide bonds. The van der Waals surface area contributed by atoms with Crippen molar-refractivity contribution in [1.29, 1.82) is 0 Å². The largest absolute Gasteiger partial charge is 0.398 e. The standard InChI is InChI=1S/C13H20N2OS/c1-9(8-17-3)7-15-13(16)11-5-4-6-12(14)10(11)2/h4-6,9H,7-8,14H2,1-3H3,(H,15,16). The second kappa shape index (κ2) is 6.55. The lowest BCUT2D eigenvalue weighted by molar-refractivity contribution is 0.0948. The smallest absolute Gasteiger partial charge is 0.251 e. The number of nitrogens with two attached hydrogens (primary N) is 1. The molecule has 0 aliphatic rings. The van der Waals surface area contributed by atoms with Crippen molar-refractivity contribution in [3.8, 4) is 0 Å². The maximum atomic E-state index is 12.0. The van der Waals surface area contributed by atoms with Gasteiger partial charge in [0.2, 0.25) is 0 Å². The van der Waals surface area contributed by atoms with Crippen molar-refractivity contribution in [1.82, 2.24) is 5.32 Å². The molecule has 1 rings (SSSR count). The number of rotatable bonds is 5. The third-order valence-corrected chi connectivity index (χ3v) is 3.58. The summed E-state index contributed by atoms with van der Waals surface area (Å²) in [5, 5.41) is 2.94. The molecule has 0 saturated heterocycles. The average molecular weight is 252 g/mol. The van der Waals surface area contributed by atoms with E-state index in [2.05, 4.69) is 18.5 Å². The number of anilines is 1. The average Bonchev–Trinajstić information content (AvgIpc) is 2.30. The Hall–Kier alpha value is -1.16. The molecular formula is C13H20N2OS. The number of amides is 1. The van der Waals surface area contributed by atoms with Crippen molar-refractivity contribution in [3.05, 3.63) is 29.3 Å². The lowest BCUT2D eigenvalue weighted by Crippen LogP contribution is -2.29. The van der Waals surface area contributed by atoms with Crippen LogP contribution in [-0.4, -0.2) is 24.5 Å². The first-order valence-corrected chi connectivity index (χ1v) is 7.07. The molecule has 0 fully saturated rings. The number of carbonyl (C=O) groups excluding carboxylic acids is 1. The number of hydrogen-bond donors (Lipinski definition) is 2. The van der Waals surface area contributed by atoms with E-state index in [1.54, 1.807) is 17.8 Å². The van der Waals surface area contributed by atoms with Gasteiger partial charge in [-0.15, -0.1) is 0 Å². The van der Waals surface area contributed by atoms with Gasteiger partial charge in [0.05, 0.1) is 0 Å². The van der Waals surface area contributed by atoms with Gasteiger partial charge >= 0.3 is 0 Å².